The van der Waals surface area contributed by atoms with Crippen molar-refractivity contribution >= 4 is 0 Å². The first-order chi connectivity index (χ1) is 9.05. The van der Waals surface area contributed by atoms with Crippen molar-refractivity contribution in [3.8, 4) is 0 Å². The molecule has 0 heterocycles. The average molecular weight is 259 g/mol. The molecular weight excluding hydrogens is 230 g/mol. The zero-order valence-corrected chi connectivity index (χ0v) is 13.0. The standard InChI is InChI=1S/C18H29N/c1-5-7-16-11-18(12-16,13-19-14(2)3)17-9-6-8-15(4)10-17/h6,8-10,14,16,19H,5,7,11-13H2,1-4H3. The SMILES string of the molecule is CCCC1CC(CNC(C)C)(c2cccc(C)c2)C1. The van der Waals surface area contributed by atoms with Crippen molar-refractivity contribution in [2.45, 2.75) is 64.8 Å². The summed E-state index contributed by atoms with van der Waals surface area (Å²) >= 11 is 0. The number of aryl methyl sites for hydroxylation is 1. The van der Waals surface area contributed by atoms with Crippen LogP contribution in [0.1, 0.15) is 57.6 Å². The third-order valence-electron chi connectivity index (χ3n) is 4.53. The van der Waals surface area contributed by atoms with E-state index in [0.29, 0.717) is 11.5 Å². The summed E-state index contributed by atoms with van der Waals surface area (Å²) in [6.45, 7) is 10.1. The molecule has 0 unspecified atom stereocenters. The second-order valence-electron chi connectivity index (χ2n) is 6.75. The largest absolute Gasteiger partial charge is 0.314 e. The molecule has 1 N–H and O–H groups in total. The third-order valence-corrected chi connectivity index (χ3v) is 4.53. The minimum atomic E-state index is 0.399. The van der Waals surface area contributed by atoms with Gasteiger partial charge in [-0.15, -0.1) is 0 Å². The Hall–Kier alpha value is -0.820. The van der Waals surface area contributed by atoms with Crippen molar-refractivity contribution in [3.05, 3.63) is 35.4 Å². The van der Waals surface area contributed by atoms with Crippen LogP contribution >= 0.6 is 0 Å². The lowest BCUT2D eigenvalue weighted by atomic mass is 9.57. The van der Waals surface area contributed by atoms with Crippen LogP contribution in [0.15, 0.2) is 24.3 Å². The highest BCUT2D eigenvalue weighted by Gasteiger charge is 2.44. The summed E-state index contributed by atoms with van der Waals surface area (Å²) in [6, 6.07) is 9.72. The third kappa shape index (κ3) is 3.39. The highest BCUT2D eigenvalue weighted by molar-refractivity contribution is 5.33. The van der Waals surface area contributed by atoms with Gasteiger partial charge in [-0.05, 0) is 31.2 Å². The zero-order valence-electron chi connectivity index (χ0n) is 13.0. The van der Waals surface area contributed by atoms with Crippen molar-refractivity contribution in [2.75, 3.05) is 6.54 Å². The van der Waals surface area contributed by atoms with Crippen LogP contribution in [-0.2, 0) is 5.41 Å². The predicted molar refractivity (Wildman–Crippen MR) is 83.6 cm³/mol. The number of nitrogens with one attached hydrogen (secondary N) is 1. The fourth-order valence-electron chi connectivity index (χ4n) is 3.51. The molecule has 0 spiro atoms. The van der Waals surface area contributed by atoms with Crippen LogP contribution in [0.4, 0.5) is 0 Å². The molecule has 0 amide bonds. The van der Waals surface area contributed by atoms with E-state index in [4.69, 9.17) is 0 Å². The second kappa shape index (κ2) is 6.09. The van der Waals surface area contributed by atoms with E-state index in [1.165, 1.54) is 31.2 Å². The molecule has 2 rings (SSSR count). The monoisotopic (exact) mass is 259 g/mol. The fourth-order valence-corrected chi connectivity index (χ4v) is 3.51. The highest BCUT2D eigenvalue weighted by Crippen LogP contribution is 2.49. The molecule has 0 saturated heterocycles. The average Bonchev–Trinajstić information content (AvgIpc) is 2.31. The van der Waals surface area contributed by atoms with Crippen LogP contribution in [-0.4, -0.2) is 12.6 Å². The maximum absolute atomic E-state index is 3.67. The van der Waals surface area contributed by atoms with Gasteiger partial charge in [-0.1, -0.05) is 63.4 Å². The van der Waals surface area contributed by atoms with Gasteiger partial charge in [0, 0.05) is 18.0 Å². The molecule has 0 aliphatic heterocycles. The first-order valence-electron chi connectivity index (χ1n) is 7.86. The molecular formula is C18H29N. The van der Waals surface area contributed by atoms with Gasteiger partial charge in [-0.3, -0.25) is 0 Å². The van der Waals surface area contributed by atoms with Gasteiger partial charge in [0.05, 0.1) is 0 Å². The zero-order chi connectivity index (χ0) is 13.9. The van der Waals surface area contributed by atoms with E-state index < -0.39 is 0 Å². The van der Waals surface area contributed by atoms with Crippen LogP contribution in [0.2, 0.25) is 0 Å². The molecule has 1 nitrogen and oxygen atoms in total. The van der Waals surface area contributed by atoms with Gasteiger partial charge in [0.2, 0.25) is 0 Å². The number of hydrogen-bond acceptors (Lipinski definition) is 1. The van der Waals surface area contributed by atoms with E-state index in [9.17, 15) is 0 Å². The van der Waals surface area contributed by atoms with E-state index in [1.807, 2.05) is 0 Å². The van der Waals surface area contributed by atoms with Crippen molar-refractivity contribution in [1.29, 1.82) is 0 Å². The van der Waals surface area contributed by atoms with Crippen LogP contribution in [0.5, 0.6) is 0 Å². The van der Waals surface area contributed by atoms with Crippen molar-refractivity contribution in [1.82, 2.24) is 5.32 Å². The minimum Gasteiger partial charge on any atom is -0.314 e. The summed E-state index contributed by atoms with van der Waals surface area (Å²) in [5.74, 6) is 0.944. The lowest BCUT2D eigenvalue weighted by molar-refractivity contribution is 0.126. The van der Waals surface area contributed by atoms with Gasteiger partial charge in [-0.2, -0.15) is 0 Å². The first kappa shape index (κ1) is 14.6. The lowest BCUT2D eigenvalue weighted by Gasteiger charge is -2.49. The fraction of sp³-hybridized carbons (Fsp3) is 0.667. The van der Waals surface area contributed by atoms with Crippen molar-refractivity contribution in [3.63, 3.8) is 0 Å². The van der Waals surface area contributed by atoms with Gasteiger partial charge >= 0.3 is 0 Å². The van der Waals surface area contributed by atoms with Gasteiger partial charge in [-0.25, -0.2) is 0 Å². The van der Waals surface area contributed by atoms with Crippen molar-refractivity contribution < 1.29 is 0 Å². The molecule has 0 atom stereocenters. The Morgan fingerprint density at radius 2 is 2.05 bits per heavy atom. The Bertz CT molecular complexity index is 402. The van der Waals surface area contributed by atoms with Gasteiger partial charge in [0.15, 0.2) is 0 Å². The van der Waals surface area contributed by atoms with Crippen LogP contribution in [0.3, 0.4) is 0 Å². The maximum atomic E-state index is 3.67. The molecule has 1 aromatic rings. The van der Waals surface area contributed by atoms with Crippen LogP contribution < -0.4 is 5.32 Å². The smallest absolute Gasteiger partial charge is 0.00832 e. The summed E-state index contributed by atoms with van der Waals surface area (Å²) < 4.78 is 0. The second-order valence-corrected chi connectivity index (χ2v) is 6.75. The molecule has 0 bridgehead atoms. The summed E-state index contributed by atoms with van der Waals surface area (Å²) in [5.41, 5.74) is 3.34. The number of rotatable bonds is 6. The molecule has 1 aliphatic rings. The molecule has 1 saturated carbocycles. The van der Waals surface area contributed by atoms with Crippen LogP contribution in [0.25, 0.3) is 0 Å². The summed E-state index contributed by atoms with van der Waals surface area (Å²) in [5, 5.41) is 3.67. The maximum Gasteiger partial charge on any atom is 0.00832 e. The Labute approximate surface area is 118 Å². The lowest BCUT2D eigenvalue weighted by Crippen LogP contribution is -2.49. The van der Waals surface area contributed by atoms with Crippen molar-refractivity contribution in [2.24, 2.45) is 5.92 Å². The highest BCUT2D eigenvalue weighted by atomic mass is 14.9. The van der Waals surface area contributed by atoms with E-state index in [1.54, 1.807) is 5.56 Å². The Kier molecular flexibility index (Phi) is 4.67. The molecule has 19 heavy (non-hydrogen) atoms. The first-order valence-corrected chi connectivity index (χ1v) is 7.86. The van der Waals surface area contributed by atoms with Crippen LogP contribution in [0, 0.1) is 12.8 Å². The minimum absolute atomic E-state index is 0.399. The molecule has 0 radical (unpaired) electrons. The molecule has 0 aromatic heterocycles. The molecule has 1 aliphatic carbocycles. The molecule has 1 fully saturated rings. The Balaban J connectivity index is 2.12. The summed E-state index contributed by atoms with van der Waals surface area (Å²) in [6.07, 6.45) is 5.45. The van der Waals surface area contributed by atoms with E-state index >= 15 is 0 Å². The normalized spacial score (nSPS) is 26.5. The topological polar surface area (TPSA) is 12.0 Å². The van der Waals surface area contributed by atoms with Gasteiger partial charge < -0.3 is 5.32 Å². The van der Waals surface area contributed by atoms with Gasteiger partial charge in [0.25, 0.3) is 0 Å². The number of benzene rings is 1. The van der Waals surface area contributed by atoms with E-state index in [-0.39, 0.29) is 0 Å². The number of hydrogen-bond donors (Lipinski definition) is 1. The Morgan fingerprint density at radius 3 is 2.63 bits per heavy atom. The molecule has 1 aromatic carbocycles. The summed E-state index contributed by atoms with van der Waals surface area (Å²) in [4.78, 5) is 0. The predicted octanol–water partition coefficient (Wildman–Crippen LogP) is 4.44. The Morgan fingerprint density at radius 1 is 1.32 bits per heavy atom. The molecule has 106 valence electrons. The van der Waals surface area contributed by atoms with Gasteiger partial charge in [0.1, 0.15) is 0 Å². The summed E-state index contributed by atoms with van der Waals surface area (Å²) in [7, 11) is 0. The van der Waals surface area contributed by atoms with E-state index in [2.05, 4.69) is 57.3 Å². The van der Waals surface area contributed by atoms with E-state index in [0.717, 1.165) is 12.5 Å². The quantitative estimate of drug-likeness (QED) is 0.796. The molecule has 1 heteroatoms.